The lowest BCUT2D eigenvalue weighted by atomic mass is 10.1. The lowest BCUT2D eigenvalue weighted by Gasteiger charge is -2.15. The second-order valence-electron chi connectivity index (χ2n) is 5.96. The summed E-state index contributed by atoms with van der Waals surface area (Å²) in [5.74, 6) is 0.239. The van der Waals surface area contributed by atoms with Crippen LogP contribution in [0.1, 0.15) is 24.1 Å². The van der Waals surface area contributed by atoms with Crippen LogP contribution >= 0.6 is 23.2 Å². The molecule has 0 aliphatic rings. The number of aryl methyl sites for hydroxylation is 1. The van der Waals surface area contributed by atoms with Gasteiger partial charge in [-0.25, -0.2) is 0 Å². The Hall–Kier alpha value is -2.44. The first-order valence-corrected chi connectivity index (χ1v) is 8.77. The third kappa shape index (κ3) is 4.39. The van der Waals surface area contributed by atoms with Crippen LogP contribution in [-0.4, -0.2) is 26.1 Å². The highest BCUT2D eigenvalue weighted by Gasteiger charge is 2.15. The number of halogens is 2. The third-order valence-corrected chi connectivity index (χ3v) is 4.42. The Labute approximate surface area is 161 Å². The number of hydrogen-bond donors (Lipinski definition) is 1. The number of carbonyl (C=O) groups is 1. The number of amides is 1. The zero-order valence-corrected chi connectivity index (χ0v) is 15.8. The molecule has 0 saturated heterocycles. The maximum atomic E-state index is 12.3. The Kier molecular flexibility index (Phi) is 5.54. The van der Waals surface area contributed by atoms with Gasteiger partial charge >= 0.3 is 0 Å². The Balaban J connectivity index is 1.64. The first kappa shape index (κ1) is 18.4. The van der Waals surface area contributed by atoms with E-state index < -0.39 is 0 Å². The molecule has 2 aromatic carbocycles. The van der Waals surface area contributed by atoms with Gasteiger partial charge in [-0.15, -0.1) is 10.2 Å². The minimum atomic E-state index is -0.271. The molecular weight excluding hydrogens is 373 g/mol. The predicted octanol–water partition coefficient (Wildman–Crippen LogP) is 3.83. The van der Waals surface area contributed by atoms with Crippen molar-refractivity contribution < 1.29 is 4.79 Å². The Bertz CT molecular complexity index is 924. The average Bonchev–Trinajstić information content (AvgIpc) is 3.03. The molecule has 3 rings (SSSR count). The van der Waals surface area contributed by atoms with Gasteiger partial charge in [0.15, 0.2) is 0 Å². The summed E-state index contributed by atoms with van der Waals surface area (Å²) in [6, 6.07) is 12.7. The lowest BCUT2D eigenvalue weighted by molar-refractivity contribution is -0.122. The molecule has 0 aliphatic carbocycles. The van der Waals surface area contributed by atoms with Gasteiger partial charge in [0, 0.05) is 15.6 Å². The smallest absolute Gasteiger partial charge is 0.244 e. The fourth-order valence-corrected chi connectivity index (χ4v) is 3.05. The summed E-state index contributed by atoms with van der Waals surface area (Å²) in [6.07, 6.45) is 0. The largest absolute Gasteiger partial charge is 0.348 e. The van der Waals surface area contributed by atoms with Gasteiger partial charge in [-0.2, -0.15) is 4.80 Å². The van der Waals surface area contributed by atoms with E-state index in [0.717, 1.165) is 16.7 Å². The van der Waals surface area contributed by atoms with Gasteiger partial charge in [0.1, 0.15) is 6.54 Å². The molecular formula is C18H17Cl2N5O. The molecule has 3 aromatic rings. The van der Waals surface area contributed by atoms with Crippen molar-refractivity contribution >= 4 is 29.1 Å². The number of hydrogen-bond acceptors (Lipinski definition) is 4. The van der Waals surface area contributed by atoms with Crippen LogP contribution in [0.4, 0.5) is 0 Å². The Morgan fingerprint density at radius 1 is 1.19 bits per heavy atom. The van der Waals surface area contributed by atoms with E-state index in [4.69, 9.17) is 23.2 Å². The van der Waals surface area contributed by atoms with Crippen molar-refractivity contribution in [2.75, 3.05) is 0 Å². The normalized spacial score (nSPS) is 12.0. The highest BCUT2D eigenvalue weighted by Crippen LogP contribution is 2.26. The highest BCUT2D eigenvalue weighted by molar-refractivity contribution is 6.35. The van der Waals surface area contributed by atoms with Crippen molar-refractivity contribution in [3.63, 3.8) is 0 Å². The van der Waals surface area contributed by atoms with Crippen molar-refractivity contribution in [3.05, 3.63) is 63.6 Å². The molecule has 0 aliphatic heterocycles. The summed E-state index contributed by atoms with van der Waals surface area (Å²) in [5.41, 5.74) is 2.79. The van der Waals surface area contributed by atoms with Crippen molar-refractivity contribution in [2.24, 2.45) is 0 Å². The van der Waals surface area contributed by atoms with Gasteiger partial charge in [-0.1, -0.05) is 59.1 Å². The zero-order valence-electron chi connectivity index (χ0n) is 14.3. The maximum absolute atomic E-state index is 12.3. The number of tetrazole rings is 1. The van der Waals surface area contributed by atoms with Gasteiger partial charge < -0.3 is 5.32 Å². The predicted molar refractivity (Wildman–Crippen MR) is 101 cm³/mol. The molecule has 0 spiro atoms. The van der Waals surface area contributed by atoms with Crippen molar-refractivity contribution in [1.29, 1.82) is 0 Å². The standard InChI is InChI=1S/C18H17Cl2N5O/c1-11-3-5-13(6-4-11)18-22-24-25(23-18)10-17(26)21-12(2)15-8-7-14(19)9-16(15)20/h3-9,12H,10H2,1-2H3,(H,21,26)/t12-/m0/s1. The van der Waals surface area contributed by atoms with Crippen LogP contribution in [0, 0.1) is 6.92 Å². The molecule has 0 unspecified atom stereocenters. The van der Waals surface area contributed by atoms with Crippen LogP contribution in [0.2, 0.25) is 10.0 Å². The monoisotopic (exact) mass is 389 g/mol. The first-order chi connectivity index (χ1) is 12.4. The minimum Gasteiger partial charge on any atom is -0.348 e. The van der Waals surface area contributed by atoms with E-state index >= 15 is 0 Å². The number of rotatable bonds is 5. The van der Waals surface area contributed by atoms with E-state index in [-0.39, 0.29) is 18.5 Å². The molecule has 0 saturated carbocycles. The van der Waals surface area contributed by atoms with Crippen LogP contribution < -0.4 is 5.32 Å². The molecule has 26 heavy (non-hydrogen) atoms. The molecule has 0 radical (unpaired) electrons. The van der Waals surface area contributed by atoms with Crippen LogP contribution in [0.5, 0.6) is 0 Å². The lowest BCUT2D eigenvalue weighted by Crippen LogP contribution is -2.31. The quantitative estimate of drug-likeness (QED) is 0.719. The van der Waals surface area contributed by atoms with Gasteiger partial charge in [-0.05, 0) is 36.8 Å². The molecule has 6 nitrogen and oxygen atoms in total. The first-order valence-electron chi connectivity index (χ1n) is 8.01. The molecule has 134 valence electrons. The number of benzene rings is 2. The van der Waals surface area contributed by atoms with Crippen LogP contribution in [0.25, 0.3) is 11.4 Å². The average molecular weight is 390 g/mol. The molecule has 1 aromatic heterocycles. The van der Waals surface area contributed by atoms with E-state index in [0.29, 0.717) is 15.9 Å². The summed E-state index contributed by atoms with van der Waals surface area (Å²) in [7, 11) is 0. The van der Waals surface area contributed by atoms with Crippen LogP contribution in [0.3, 0.4) is 0 Å². The molecule has 1 atom stereocenters. The van der Waals surface area contributed by atoms with Gasteiger partial charge in [-0.3, -0.25) is 4.79 Å². The van der Waals surface area contributed by atoms with E-state index in [9.17, 15) is 4.79 Å². The van der Waals surface area contributed by atoms with E-state index in [1.165, 1.54) is 4.80 Å². The zero-order chi connectivity index (χ0) is 18.7. The summed E-state index contributed by atoms with van der Waals surface area (Å²) >= 11 is 12.1. The maximum Gasteiger partial charge on any atom is 0.244 e. The van der Waals surface area contributed by atoms with Crippen molar-refractivity contribution in [2.45, 2.75) is 26.4 Å². The van der Waals surface area contributed by atoms with Crippen molar-refractivity contribution in [1.82, 2.24) is 25.5 Å². The van der Waals surface area contributed by atoms with E-state index in [2.05, 4.69) is 20.7 Å². The van der Waals surface area contributed by atoms with Gasteiger partial charge in [0.2, 0.25) is 11.7 Å². The third-order valence-electron chi connectivity index (χ3n) is 3.85. The van der Waals surface area contributed by atoms with Gasteiger partial charge in [0.05, 0.1) is 6.04 Å². The van der Waals surface area contributed by atoms with Crippen LogP contribution in [0.15, 0.2) is 42.5 Å². The molecule has 1 N–H and O–H groups in total. The summed E-state index contributed by atoms with van der Waals surface area (Å²) < 4.78 is 0. The molecule has 8 heteroatoms. The molecule has 1 amide bonds. The molecule has 0 fully saturated rings. The topological polar surface area (TPSA) is 72.7 Å². The highest BCUT2D eigenvalue weighted by atomic mass is 35.5. The fraction of sp³-hybridized carbons (Fsp3) is 0.222. The Morgan fingerprint density at radius 2 is 1.92 bits per heavy atom. The van der Waals surface area contributed by atoms with Crippen LogP contribution in [-0.2, 0) is 11.3 Å². The molecule has 1 heterocycles. The van der Waals surface area contributed by atoms with Crippen molar-refractivity contribution in [3.8, 4) is 11.4 Å². The minimum absolute atomic E-state index is 0.0333. The van der Waals surface area contributed by atoms with E-state index in [1.807, 2.05) is 38.1 Å². The number of nitrogens with zero attached hydrogens (tertiary/aromatic N) is 4. The van der Waals surface area contributed by atoms with Gasteiger partial charge in [0.25, 0.3) is 0 Å². The fourth-order valence-electron chi connectivity index (χ4n) is 2.47. The van der Waals surface area contributed by atoms with E-state index in [1.54, 1.807) is 18.2 Å². The molecule has 0 bridgehead atoms. The Morgan fingerprint density at radius 3 is 2.62 bits per heavy atom. The second-order valence-corrected chi connectivity index (χ2v) is 6.81. The summed E-state index contributed by atoms with van der Waals surface area (Å²) in [5, 5.41) is 16.1. The summed E-state index contributed by atoms with van der Waals surface area (Å²) in [6.45, 7) is 3.82. The number of aromatic nitrogens is 4. The second kappa shape index (κ2) is 7.85. The summed E-state index contributed by atoms with van der Waals surface area (Å²) in [4.78, 5) is 13.5. The number of nitrogens with one attached hydrogen (secondary N) is 1. The SMILES string of the molecule is Cc1ccc(-c2nnn(CC(=O)N[C@@H](C)c3ccc(Cl)cc3Cl)n2)cc1. The number of carbonyl (C=O) groups excluding carboxylic acids is 1.